The third kappa shape index (κ3) is 5.44. The van der Waals surface area contributed by atoms with Crippen molar-refractivity contribution in [3.05, 3.63) is 0 Å². The Kier molecular flexibility index (Phi) is 7.23. The third-order valence-corrected chi connectivity index (χ3v) is 5.30. The number of unbranched alkanes of at least 4 members (excludes halogenated alkanes) is 1. The molecule has 0 saturated heterocycles. The highest BCUT2D eigenvalue weighted by Gasteiger charge is 2.21. The summed E-state index contributed by atoms with van der Waals surface area (Å²) in [6, 6.07) is 0. The van der Waals surface area contributed by atoms with E-state index >= 15 is 0 Å². The van der Waals surface area contributed by atoms with Crippen LogP contribution in [0.5, 0.6) is 0 Å². The van der Waals surface area contributed by atoms with Gasteiger partial charge in [0.2, 0.25) is 0 Å². The first-order chi connectivity index (χ1) is 8.15. The number of rotatable bonds is 3. The van der Waals surface area contributed by atoms with Gasteiger partial charge in [0.15, 0.2) is 0 Å². The highest BCUT2D eigenvalue weighted by atomic mass is 14.3. The van der Waals surface area contributed by atoms with E-state index in [1.165, 1.54) is 57.8 Å². The summed E-state index contributed by atoms with van der Waals surface area (Å²) in [7, 11) is 0. The molecule has 0 N–H and O–H groups in total. The van der Waals surface area contributed by atoms with Gasteiger partial charge in [0, 0.05) is 0 Å². The molecule has 0 amide bonds. The lowest BCUT2D eigenvalue weighted by Crippen LogP contribution is -2.18. The van der Waals surface area contributed by atoms with Crippen molar-refractivity contribution in [3.63, 3.8) is 0 Å². The van der Waals surface area contributed by atoms with Crippen molar-refractivity contribution < 1.29 is 0 Å². The van der Waals surface area contributed by atoms with Crippen LogP contribution in [0.3, 0.4) is 0 Å². The molecule has 17 heavy (non-hydrogen) atoms. The van der Waals surface area contributed by atoms with E-state index in [0.717, 1.165) is 23.7 Å². The zero-order valence-corrected chi connectivity index (χ0v) is 12.7. The first kappa shape index (κ1) is 15.1. The lowest BCUT2D eigenvalue weighted by molar-refractivity contribution is 0.220. The van der Waals surface area contributed by atoms with E-state index in [4.69, 9.17) is 0 Å². The number of hydrogen-bond donors (Lipinski definition) is 0. The zero-order chi connectivity index (χ0) is 12.7. The lowest BCUT2D eigenvalue weighted by atomic mass is 9.77. The predicted molar refractivity (Wildman–Crippen MR) is 78.2 cm³/mol. The second-order valence-electron chi connectivity index (χ2n) is 6.68. The van der Waals surface area contributed by atoms with E-state index in [0.29, 0.717) is 0 Å². The molecule has 0 heteroatoms. The van der Waals surface area contributed by atoms with Gasteiger partial charge in [-0.25, -0.2) is 0 Å². The minimum Gasteiger partial charge on any atom is -0.0654 e. The minimum atomic E-state index is 0.933. The molecule has 2 unspecified atom stereocenters. The summed E-state index contributed by atoms with van der Waals surface area (Å²) in [5.74, 6) is 3.86. The number of hydrogen-bond acceptors (Lipinski definition) is 0. The average molecular weight is 238 g/mol. The van der Waals surface area contributed by atoms with Crippen LogP contribution in [0.25, 0.3) is 0 Å². The fourth-order valence-corrected chi connectivity index (χ4v) is 3.47. The molecule has 1 saturated carbocycles. The molecule has 0 heterocycles. The largest absolute Gasteiger partial charge is 0.0654 e. The lowest BCUT2D eigenvalue weighted by Gasteiger charge is -2.29. The normalized spacial score (nSPS) is 36.7. The summed E-state index contributed by atoms with van der Waals surface area (Å²) in [5, 5.41) is 0. The fraction of sp³-hybridized carbons (Fsp3) is 1.00. The molecule has 2 atom stereocenters. The second kappa shape index (κ2) is 8.16. The maximum absolute atomic E-state index is 2.48. The van der Waals surface area contributed by atoms with Crippen LogP contribution >= 0.6 is 0 Å². The van der Waals surface area contributed by atoms with Crippen LogP contribution in [0.1, 0.15) is 85.5 Å². The highest BCUT2D eigenvalue weighted by molar-refractivity contribution is 4.72. The summed E-state index contributed by atoms with van der Waals surface area (Å²) >= 11 is 0. The first-order valence-corrected chi connectivity index (χ1v) is 8.15. The van der Waals surface area contributed by atoms with Crippen molar-refractivity contribution in [3.8, 4) is 0 Å². The summed E-state index contributed by atoms with van der Waals surface area (Å²) < 4.78 is 0. The Labute approximate surface area is 110 Å². The summed E-state index contributed by atoms with van der Waals surface area (Å²) in [6.07, 6.45) is 13.2. The molecular formula is C17H34. The van der Waals surface area contributed by atoms with Crippen molar-refractivity contribution in [1.29, 1.82) is 0 Å². The maximum atomic E-state index is 2.48. The van der Waals surface area contributed by atoms with E-state index in [1.54, 1.807) is 0 Å². The van der Waals surface area contributed by atoms with Crippen LogP contribution in [0.4, 0.5) is 0 Å². The molecule has 0 aromatic carbocycles. The van der Waals surface area contributed by atoms with Gasteiger partial charge in [-0.05, 0) is 23.7 Å². The molecule has 1 fully saturated rings. The minimum absolute atomic E-state index is 0.933. The molecule has 0 aromatic heterocycles. The topological polar surface area (TPSA) is 0 Å². The molecule has 0 aliphatic heterocycles. The fourth-order valence-electron chi connectivity index (χ4n) is 3.47. The van der Waals surface area contributed by atoms with Gasteiger partial charge >= 0.3 is 0 Å². The molecule has 0 radical (unpaired) electrons. The first-order valence-electron chi connectivity index (χ1n) is 8.15. The third-order valence-electron chi connectivity index (χ3n) is 5.30. The Hall–Kier alpha value is 0. The standard InChI is InChI=1S/C17H34/c1-5-6-11-17-12-7-9-14(2)16(4)15(3)10-8-13-17/h14-17H,5-13H2,1-4H3. The van der Waals surface area contributed by atoms with Crippen molar-refractivity contribution in [2.45, 2.75) is 85.5 Å². The van der Waals surface area contributed by atoms with Crippen LogP contribution < -0.4 is 0 Å². The van der Waals surface area contributed by atoms with Gasteiger partial charge in [0.05, 0.1) is 0 Å². The molecule has 0 spiro atoms. The summed E-state index contributed by atoms with van der Waals surface area (Å²) in [4.78, 5) is 0. The van der Waals surface area contributed by atoms with Crippen molar-refractivity contribution in [2.75, 3.05) is 0 Å². The maximum Gasteiger partial charge on any atom is -0.0391 e. The average Bonchev–Trinajstić information content (AvgIpc) is 2.33. The van der Waals surface area contributed by atoms with Gasteiger partial charge < -0.3 is 0 Å². The molecule has 102 valence electrons. The molecule has 1 rings (SSSR count). The molecule has 0 nitrogen and oxygen atoms in total. The van der Waals surface area contributed by atoms with Gasteiger partial charge in [-0.3, -0.25) is 0 Å². The smallest absolute Gasteiger partial charge is 0.0391 e. The quantitative estimate of drug-likeness (QED) is 0.561. The molecule has 0 bridgehead atoms. The van der Waals surface area contributed by atoms with E-state index in [1.807, 2.05) is 0 Å². The second-order valence-corrected chi connectivity index (χ2v) is 6.68. The molecular weight excluding hydrogens is 204 g/mol. The van der Waals surface area contributed by atoms with E-state index in [2.05, 4.69) is 27.7 Å². The zero-order valence-electron chi connectivity index (χ0n) is 12.7. The van der Waals surface area contributed by atoms with Crippen LogP contribution in [-0.4, -0.2) is 0 Å². The monoisotopic (exact) mass is 238 g/mol. The highest BCUT2D eigenvalue weighted by Crippen LogP contribution is 2.33. The molecule has 1 aliphatic rings. The van der Waals surface area contributed by atoms with Gasteiger partial charge in [-0.15, -0.1) is 0 Å². The van der Waals surface area contributed by atoms with E-state index < -0.39 is 0 Å². The summed E-state index contributed by atoms with van der Waals surface area (Å²) in [5.41, 5.74) is 0. The van der Waals surface area contributed by atoms with E-state index in [-0.39, 0.29) is 0 Å². The molecule has 0 aromatic rings. The van der Waals surface area contributed by atoms with Crippen molar-refractivity contribution >= 4 is 0 Å². The van der Waals surface area contributed by atoms with Crippen molar-refractivity contribution in [1.82, 2.24) is 0 Å². The Bertz CT molecular complexity index is 168. The van der Waals surface area contributed by atoms with Crippen LogP contribution in [0.2, 0.25) is 0 Å². The van der Waals surface area contributed by atoms with Gasteiger partial charge in [0.25, 0.3) is 0 Å². The van der Waals surface area contributed by atoms with E-state index in [9.17, 15) is 0 Å². The Morgan fingerprint density at radius 2 is 1.35 bits per heavy atom. The van der Waals surface area contributed by atoms with Gasteiger partial charge in [-0.1, -0.05) is 85.5 Å². The Balaban J connectivity index is 2.41. The van der Waals surface area contributed by atoms with Crippen LogP contribution in [0, 0.1) is 23.7 Å². The van der Waals surface area contributed by atoms with Gasteiger partial charge in [0.1, 0.15) is 0 Å². The van der Waals surface area contributed by atoms with Crippen molar-refractivity contribution in [2.24, 2.45) is 23.7 Å². The summed E-state index contributed by atoms with van der Waals surface area (Å²) in [6.45, 7) is 9.76. The predicted octanol–water partition coefficient (Wildman–Crippen LogP) is 6.06. The Morgan fingerprint density at radius 1 is 0.824 bits per heavy atom. The van der Waals surface area contributed by atoms with Gasteiger partial charge in [-0.2, -0.15) is 0 Å². The molecule has 1 aliphatic carbocycles. The SMILES string of the molecule is CCCCC1CCCC(C)C(C)C(C)CCC1. The van der Waals surface area contributed by atoms with Crippen LogP contribution in [0.15, 0.2) is 0 Å². The van der Waals surface area contributed by atoms with Crippen LogP contribution in [-0.2, 0) is 0 Å². The Morgan fingerprint density at radius 3 is 1.82 bits per heavy atom.